The monoisotopic (exact) mass is 287 g/mol. The van der Waals surface area contributed by atoms with Crippen molar-refractivity contribution in [2.24, 2.45) is 0 Å². The molecule has 0 spiro atoms. The quantitative estimate of drug-likeness (QED) is 0.597. The van der Waals surface area contributed by atoms with Gasteiger partial charge in [0.25, 0.3) is 0 Å². The number of benzene rings is 2. The molecule has 0 aliphatic carbocycles. The predicted octanol–water partition coefficient (Wildman–Crippen LogP) is 5.23. The first-order chi connectivity index (χ1) is 9.95. The average molecular weight is 287 g/mol. The molecule has 0 bridgehead atoms. The standard InChI is InChI=1S/C17H12F3N/c1-11-4-2-5-12-8-9-15(21-16(11)12)13-6-3-7-14(10-13)17(18,19)20/h2-10H,1H3. The van der Waals surface area contributed by atoms with Crippen LogP contribution in [0, 0.1) is 6.92 Å². The molecule has 4 heteroatoms. The molecule has 0 atom stereocenters. The molecule has 3 aromatic rings. The van der Waals surface area contributed by atoms with E-state index in [4.69, 9.17) is 0 Å². The van der Waals surface area contributed by atoms with Crippen molar-refractivity contribution in [1.82, 2.24) is 4.98 Å². The Kier molecular flexibility index (Phi) is 3.16. The van der Waals surface area contributed by atoms with Gasteiger partial charge in [0.15, 0.2) is 0 Å². The number of aryl methyl sites for hydroxylation is 1. The fourth-order valence-corrected chi connectivity index (χ4v) is 2.31. The molecule has 2 aromatic carbocycles. The Morgan fingerprint density at radius 3 is 2.43 bits per heavy atom. The Balaban J connectivity index is 2.15. The third kappa shape index (κ3) is 2.61. The summed E-state index contributed by atoms with van der Waals surface area (Å²) in [5, 5.41) is 0.978. The molecule has 1 nitrogen and oxygen atoms in total. The first-order valence-corrected chi connectivity index (χ1v) is 6.49. The van der Waals surface area contributed by atoms with Crippen LogP contribution in [0.4, 0.5) is 13.2 Å². The fourth-order valence-electron chi connectivity index (χ4n) is 2.31. The molecule has 1 heterocycles. The maximum absolute atomic E-state index is 12.8. The third-order valence-corrected chi connectivity index (χ3v) is 3.41. The molecule has 106 valence electrons. The molecule has 0 saturated heterocycles. The molecule has 1 aromatic heterocycles. The van der Waals surface area contributed by atoms with Crippen molar-refractivity contribution in [2.45, 2.75) is 13.1 Å². The van der Waals surface area contributed by atoms with Gasteiger partial charge in [0.05, 0.1) is 16.8 Å². The molecule has 0 amide bonds. The van der Waals surface area contributed by atoms with Gasteiger partial charge >= 0.3 is 6.18 Å². The number of para-hydroxylation sites is 1. The number of pyridine rings is 1. The van der Waals surface area contributed by atoms with Crippen LogP contribution in [0.25, 0.3) is 22.2 Å². The Morgan fingerprint density at radius 1 is 0.905 bits per heavy atom. The highest BCUT2D eigenvalue weighted by Gasteiger charge is 2.30. The second-order valence-electron chi connectivity index (χ2n) is 4.92. The highest BCUT2D eigenvalue weighted by atomic mass is 19.4. The van der Waals surface area contributed by atoms with Gasteiger partial charge in [0.1, 0.15) is 0 Å². The van der Waals surface area contributed by atoms with Crippen LogP contribution in [0.2, 0.25) is 0 Å². The van der Waals surface area contributed by atoms with Gasteiger partial charge in [-0.3, -0.25) is 0 Å². The van der Waals surface area contributed by atoms with Crippen LogP contribution in [0.1, 0.15) is 11.1 Å². The van der Waals surface area contributed by atoms with E-state index in [9.17, 15) is 13.2 Å². The molecule has 0 N–H and O–H groups in total. The van der Waals surface area contributed by atoms with Gasteiger partial charge in [0.2, 0.25) is 0 Å². The van der Waals surface area contributed by atoms with Crippen LogP contribution in [-0.2, 0) is 6.18 Å². The van der Waals surface area contributed by atoms with Crippen molar-refractivity contribution in [3.8, 4) is 11.3 Å². The number of rotatable bonds is 1. The Labute approximate surface area is 120 Å². The maximum Gasteiger partial charge on any atom is 0.416 e. The smallest absolute Gasteiger partial charge is 0.248 e. The van der Waals surface area contributed by atoms with Crippen molar-refractivity contribution in [1.29, 1.82) is 0 Å². The minimum Gasteiger partial charge on any atom is -0.248 e. The van der Waals surface area contributed by atoms with Gasteiger partial charge < -0.3 is 0 Å². The molecular formula is C17H12F3N. The summed E-state index contributed by atoms with van der Waals surface area (Å²) < 4.78 is 38.3. The molecular weight excluding hydrogens is 275 g/mol. The Hall–Kier alpha value is -2.36. The van der Waals surface area contributed by atoms with Gasteiger partial charge in [-0.1, -0.05) is 36.4 Å². The summed E-state index contributed by atoms with van der Waals surface area (Å²) in [4.78, 5) is 4.50. The summed E-state index contributed by atoms with van der Waals surface area (Å²) in [6.45, 7) is 1.94. The lowest BCUT2D eigenvalue weighted by Gasteiger charge is -2.09. The van der Waals surface area contributed by atoms with Gasteiger partial charge in [0, 0.05) is 10.9 Å². The zero-order chi connectivity index (χ0) is 15.0. The minimum atomic E-state index is -4.34. The largest absolute Gasteiger partial charge is 0.416 e. The number of alkyl halides is 3. The van der Waals surface area contributed by atoms with E-state index in [1.807, 2.05) is 31.2 Å². The molecule has 3 rings (SSSR count). The first-order valence-electron chi connectivity index (χ1n) is 6.49. The average Bonchev–Trinajstić information content (AvgIpc) is 2.47. The number of halogens is 3. The van der Waals surface area contributed by atoms with Crippen LogP contribution in [0.3, 0.4) is 0 Å². The lowest BCUT2D eigenvalue weighted by Crippen LogP contribution is -2.04. The fraction of sp³-hybridized carbons (Fsp3) is 0.118. The Bertz CT molecular complexity index is 806. The highest BCUT2D eigenvalue weighted by Crippen LogP contribution is 2.32. The van der Waals surface area contributed by atoms with E-state index < -0.39 is 11.7 Å². The van der Waals surface area contributed by atoms with Crippen LogP contribution in [0.15, 0.2) is 54.6 Å². The van der Waals surface area contributed by atoms with Gasteiger partial charge in [-0.05, 0) is 30.7 Å². The van der Waals surface area contributed by atoms with Gasteiger partial charge in [-0.15, -0.1) is 0 Å². The number of hydrogen-bond donors (Lipinski definition) is 0. The summed E-state index contributed by atoms with van der Waals surface area (Å²) in [6, 6.07) is 14.7. The lowest BCUT2D eigenvalue weighted by atomic mass is 10.0. The molecule has 0 aliphatic heterocycles. The molecule has 21 heavy (non-hydrogen) atoms. The van der Waals surface area contributed by atoms with E-state index in [0.29, 0.717) is 11.3 Å². The van der Waals surface area contributed by atoms with Crippen molar-refractivity contribution in [3.63, 3.8) is 0 Å². The second kappa shape index (κ2) is 4.88. The first kappa shape index (κ1) is 13.6. The molecule has 0 unspecified atom stereocenters. The normalized spacial score (nSPS) is 11.8. The van der Waals surface area contributed by atoms with Gasteiger partial charge in [-0.2, -0.15) is 13.2 Å². The summed E-state index contributed by atoms with van der Waals surface area (Å²) in [6.07, 6.45) is -4.34. The van der Waals surface area contributed by atoms with Crippen LogP contribution >= 0.6 is 0 Å². The number of nitrogens with zero attached hydrogens (tertiary/aromatic N) is 1. The van der Waals surface area contributed by atoms with E-state index in [1.165, 1.54) is 6.07 Å². The number of aromatic nitrogens is 1. The van der Waals surface area contributed by atoms with Crippen LogP contribution in [-0.4, -0.2) is 4.98 Å². The van der Waals surface area contributed by atoms with Crippen molar-refractivity contribution in [3.05, 3.63) is 65.7 Å². The number of hydrogen-bond acceptors (Lipinski definition) is 1. The van der Waals surface area contributed by atoms with Crippen LogP contribution < -0.4 is 0 Å². The van der Waals surface area contributed by atoms with E-state index in [1.54, 1.807) is 12.1 Å². The SMILES string of the molecule is Cc1cccc2ccc(-c3cccc(C(F)(F)F)c3)nc12. The van der Waals surface area contributed by atoms with Gasteiger partial charge in [-0.25, -0.2) is 4.98 Å². The summed E-state index contributed by atoms with van der Waals surface area (Å²) >= 11 is 0. The summed E-state index contributed by atoms with van der Waals surface area (Å²) in [5.41, 5.74) is 2.17. The van der Waals surface area contributed by atoms with Crippen molar-refractivity contribution >= 4 is 10.9 Å². The van der Waals surface area contributed by atoms with E-state index >= 15 is 0 Å². The number of fused-ring (bicyclic) bond motifs is 1. The molecule has 0 saturated carbocycles. The zero-order valence-electron chi connectivity index (χ0n) is 11.3. The molecule has 0 aliphatic rings. The maximum atomic E-state index is 12.8. The zero-order valence-corrected chi connectivity index (χ0v) is 11.3. The topological polar surface area (TPSA) is 12.9 Å². The van der Waals surface area contributed by atoms with Crippen LogP contribution in [0.5, 0.6) is 0 Å². The second-order valence-corrected chi connectivity index (χ2v) is 4.92. The summed E-state index contributed by atoms with van der Waals surface area (Å²) in [5.74, 6) is 0. The van der Waals surface area contributed by atoms with E-state index in [2.05, 4.69) is 4.98 Å². The Morgan fingerprint density at radius 2 is 1.67 bits per heavy atom. The highest BCUT2D eigenvalue weighted by molar-refractivity contribution is 5.84. The van der Waals surface area contributed by atoms with E-state index in [0.717, 1.165) is 28.6 Å². The summed E-state index contributed by atoms with van der Waals surface area (Å²) in [7, 11) is 0. The van der Waals surface area contributed by atoms with Crippen molar-refractivity contribution in [2.75, 3.05) is 0 Å². The van der Waals surface area contributed by atoms with E-state index in [-0.39, 0.29) is 0 Å². The third-order valence-electron chi connectivity index (χ3n) is 3.41. The molecule has 0 fully saturated rings. The lowest BCUT2D eigenvalue weighted by molar-refractivity contribution is -0.137. The minimum absolute atomic E-state index is 0.468. The van der Waals surface area contributed by atoms with Crippen molar-refractivity contribution < 1.29 is 13.2 Å². The predicted molar refractivity (Wildman–Crippen MR) is 76.9 cm³/mol. The molecule has 0 radical (unpaired) electrons.